The number of rotatable bonds is 7. The van der Waals surface area contributed by atoms with Gasteiger partial charge in [-0.15, -0.1) is 0 Å². The van der Waals surface area contributed by atoms with Crippen molar-refractivity contribution in [2.24, 2.45) is 0 Å². The largest absolute Gasteiger partial charge is 0.504 e. The Labute approximate surface area is 205 Å². The van der Waals surface area contributed by atoms with Gasteiger partial charge in [0.1, 0.15) is 5.75 Å². The van der Waals surface area contributed by atoms with E-state index in [0.717, 1.165) is 33.6 Å². The zero-order valence-electron chi connectivity index (χ0n) is 20.3. The Bertz CT molecular complexity index is 1250. The highest BCUT2D eigenvalue weighted by molar-refractivity contribution is 5.92. The predicted octanol–water partition coefficient (Wildman–Crippen LogP) is 4.69. The van der Waals surface area contributed by atoms with Crippen LogP contribution in [-0.4, -0.2) is 50.9 Å². The van der Waals surface area contributed by atoms with Crippen LogP contribution in [0.4, 0.5) is 0 Å². The molecule has 1 aliphatic rings. The molecule has 7 heteroatoms. The number of fused-ring (bicyclic) bond motifs is 1. The van der Waals surface area contributed by atoms with Crippen LogP contribution in [0.25, 0.3) is 17.2 Å². The Balaban J connectivity index is 1.67. The minimum atomic E-state index is -0.0989. The normalized spacial score (nSPS) is 12.9. The second kappa shape index (κ2) is 10.4. The fourth-order valence-electron chi connectivity index (χ4n) is 4.34. The average Bonchev–Trinajstić information content (AvgIpc) is 2.90. The Morgan fingerprint density at radius 1 is 0.914 bits per heavy atom. The van der Waals surface area contributed by atoms with Crippen LogP contribution < -0.4 is 18.9 Å². The Morgan fingerprint density at radius 2 is 1.66 bits per heavy atom. The molecule has 0 unspecified atom stereocenters. The third-order valence-electron chi connectivity index (χ3n) is 6.18. The van der Waals surface area contributed by atoms with Gasteiger partial charge in [0.15, 0.2) is 23.0 Å². The first-order valence-electron chi connectivity index (χ1n) is 11.2. The van der Waals surface area contributed by atoms with Crippen molar-refractivity contribution in [1.82, 2.24) is 4.90 Å². The summed E-state index contributed by atoms with van der Waals surface area (Å²) in [5.41, 5.74) is 4.79. The number of hydrogen-bond acceptors (Lipinski definition) is 6. The van der Waals surface area contributed by atoms with Crippen molar-refractivity contribution in [2.45, 2.75) is 13.0 Å². The van der Waals surface area contributed by atoms with Crippen molar-refractivity contribution in [1.29, 1.82) is 0 Å². The molecular weight excluding hydrogens is 446 g/mol. The number of phenolic OH excluding ortho intramolecular Hbond substituents is 1. The van der Waals surface area contributed by atoms with Crippen LogP contribution in [0.5, 0.6) is 28.7 Å². The summed E-state index contributed by atoms with van der Waals surface area (Å²) in [6.45, 7) is 1.03. The van der Waals surface area contributed by atoms with Gasteiger partial charge in [-0.2, -0.15) is 0 Å². The molecule has 1 heterocycles. The molecular formula is C28H29NO6. The van der Waals surface area contributed by atoms with Gasteiger partial charge in [0.25, 0.3) is 0 Å². The quantitative estimate of drug-likeness (QED) is 0.500. The number of aromatic hydroxyl groups is 1. The molecule has 0 aliphatic carbocycles. The van der Waals surface area contributed by atoms with Crippen LogP contribution in [0.15, 0.2) is 54.6 Å². The molecule has 0 spiro atoms. The second-order valence-electron chi connectivity index (χ2n) is 8.13. The van der Waals surface area contributed by atoms with E-state index in [-0.39, 0.29) is 11.7 Å². The molecule has 1 amide bonds. The van der Waals surface area contributed by atoms with Gasteiger partial charge < -0.3 is 29.0 Å². The summed E-state index contributed by atoms with van der Waals surface area (Å²) in [6.07, 6.45) is 3.97. The summed E-state index contributed by atoms with van der Waals surface area (Å²) in [5.74, 6) is 2.38. The monoisotopic (exact) mass is 475 g/mol. The molecule has 3 aromatic rings. The zero-order chi connectivity index (χ0) is 24.9. The third-order valence-corrected chi connectivity index (χ3v) is 6.18. The number of amides is 1. The molecule has 0 fully saturated rings. The predicted molar refractivity (Wildman–Crippen MR) is 134 cm³/mol. The van der Waals surface area contributed by atoms with E-state index in [2.05, 4.69) is 0 Å². The maximum atomic E-state index is 13.1. The number of methoxy groups -OCH3 is 4. The fraction of sp³-hybridized carbons (Fsp3) is 0.250. The van der Waals surface area contributed by atoms with Crippen molar-refractivity contribution < 1.29 is 28.8 Å². The lowest BCUT2D eigenvalue weighted by molar-refractivity contribution is -0.126. The number of phenols is 1. The summed E-state index contributed by atoms with van der Waals surface area (Å²) in [5, 5.41) is 9.79. The molecule has 0 saturated heterocycles. The van der Waals surface area contributed by atoms with E-state index < -0.39 is 0 Å². The molecule has 4 rings (SSSR count). The van der Waals surface area contributed by atoms with E-state index in [0.29, 0.717) is 36.8 Å². The van der Waals surface area contributed by atoms with Crippen LogP contribution in [0.2, 0.25) is 0 Å². The summed E-state index contributed by atoms with van der Waals surface area (Å²) in [6, 6.07) is 14.7. The lowest BCUT2D eigenvalue weighted by Crippen LogP contribution is -2.35. The second-order valence-corrected chi connectivity index (χ2v) is 8.13. The standard InChI is InChI=1S/C28H29NO6/c1-32-21-9-7-19(8-10-21)27-22-17-29(14-13-20(22)16-25(34-3)28(27)35-4)26(31)12-6-18-5-11-23(30)24(15-18)33-2/h5-12,15-16,30H,13-14,17H2,1-4H3/b12-6+. The minimum absolute atomic E-state index is 0.0547. The zero-order valence-corrected chi connectivity index (χ0v) is 20.3. The van der Waals surface area contributed by atoms with Crippen LogP contribution in [0.3, 0.4) is 0 Å². The topological polar surface area (TPSA) is 77.5 Å². The van der Waals surface area contributed by atoms with Crippen molar-refractivity contribution in [2.75, 3.05) is 35.0 Å². The smallest absolute Gasteiger partial charge is 0.246 e. The highest BCUT2D eigenvalue weighted by Gasteiger charge is 2.27. The van der Waals surface area contributed by atoms with E-state index in [9.17, 15) is 9.90 Å². The Morgan fingerprint density at radius 3 is 2.31 bits per heavy atom. The molecule has 1 aliphatic heterocycles. The lowest BCUT2D eigenvalue weighted by Gasteiger charge is -2.31. The number of hydrogen-bond donors (Lipinski definition) is 1. The van der Waals surface area contributed by atoms with Gasteiger partial charge >= 0.3 is 0 Å². The van der Waals surface area contributed by atoms with Crippen LogP contribution in [-0.2, 0) is 17.8 Å². The van der Waals surface area contributed by atoms with Crippen molar-refractivity contribution in [3.05, 3.63) is 71.3 Å². The molecule has 3 aromatic carbocycles. The third kappa shape index (κ3) is 4.89. The molecule has 0 bridgehead atoms. The SMILES string of the molecule is COc1ccc(-c2c3c(cc(OC)c2OC)CCN(C(=O)/C=C/c2ccc(O)c(OC)c2)C3)cc1. The van der Waals surface area contributed by atoms with E-state index >= 15 is 0 Å². The van der Waals surface area contributed by atoms with E-state index in [4.69, 9.17) is 18.9 Å². The van der Waals surface area contributed by atoms with E-state index in [1.807, 2.05) is 35.2 Å². The molecule has 7 nitrogen and oxygen atoms in total. The van der Waals surface area contributed by atoms with Gasteiger partial charge in [-0.1, -0.05) is 18.2 Å². The minimum Gasteiger partial charge on any atom is -0.504 e. The van der Waals surface area contributed by atoms with Gasteiger partial charge in [-0.05, 0) is 65.1 Å². The summed E-state index contributed by atoms with van der Waals surface area (Å²) in [7, 11) is 6.37. The van der Waals surface area contributed by atoms with Gasteiger partial charge in [-0.25, -0.2) is 0 Å². The first kappa shape index (κ1) is 24.0. The first-order chi connectivity index (χ1) is 17.0. The first-order valence-corrected chi connectivity index (χ1v) is 11.2. The number of ether oxygens (including phenoxy) is 4. The van der Waals surface area contributed by atoms with Gasteiger partial charge in [0, 0.05) is 24.7 Å². The fourth-order valence-corrected chi connectivity index (χ4v) is 4.34. The highest BCUT2D eigenvalue weighted by atomic mass is 16.5. The molecule has 1 N–H and O–H groups in total. The molecule has 0 aromatic heterocycles. The number of carbonyl (C=O) groups is 1. The van der Waals surface area contributed by atoms with Crippen molar-refractivity contribution >= 4 is 12.0 Å². The van der Waals surface area contributed by atoms with Gasteiger partial charge in [0.2, 0.25) is 5.91 Å². The number of carbonyl (C=O) groups excluding carboxylic acids is 1. The molecule has 182 valence electrons. The summed E-state index contributed by atoms with van der Waals surface area (Å²) >= 11 is 0. The Hall–Kier alpha value is -4.13. The van der Waals surface area contributed by atoms with Gasteiger partial charge in [0.05, 0.1) is 28.4 Å². The van der Waals surface area contributed by atoms with Crippen LogP contribution in [0, 0.1) is 0 Å². The Kier molecular flexibility index (Phi) is 7.15. The van der Waals surface area contributed by atoms with E-state index in [1.165, 1.54) is 7.11 Å². The molecule has 0 radical (unpaired) electrons. The maximum absolute atomic E-state index is 13.1. The van der Waals surface area contributed by atoms with E-state index in [1.54, 1.807) is 51.7 Å². The highest BCUT2D eigenvalue weighted by Crippen LogP contribution is 2.44. The van der Waals surface area contributed by atoms with Crippen molar-refractivity contribution in [3.8, 4) is 39.9 Å². The van der Waals surface area contributed by atoms with Crippen molar-refractivity contribution in [3.63, 3.8) is 0 Å². The average molecular weight is 476 g/mol. The number of nitrogens with zero attached hydrogens (tertiary/aromatic N) is 1. The molecule has 0 saturated carbocycles. The molecule has 0 atom stereocenters. The summed E-state index contributed by atoms with van der Waals surface area (Å²) in [4.78, 5) is 14.9. The van der Waals surface area contributed by atoms with Gasteiger partial charge in [-0.3, -0.25) is 4.79 Å². The van der Waals surface area contributed by atoms with Crippen LogP contribution >= 0.6 is 0 Å². The maximum Gasteiger partial charge on any atom is 0.246 e. The lowest BCUT2D eigenvalue weighted by atomic mass is 9.89. The molecule has 35 heavy (non-hydrogen) atoms. The summed E-state index contributed by atoms with van der Waals surface area (Å²) < 4.78 is 21.9. The number of benzene rings is 3. The van der Waals surface area contributed by atoms with Crippen LogP contribution in [0.1, 0.15) is 16.7 Å².